The third-order valence-electron chi connectivity index (χ3n) is 2.20. The second-order valence-electron chi connectivity index (χ2n) is 3.43. The van der Waals surface area contributed by atoms with Crippen LogP contribution in [0, 0.1) is 11.3 Å². The van der Waals surface area contributed by atoms with Crippen molar-refractivity contribution in [1.29, 1.82) is 5.26 Å². The second-order valence-corrected chi connectivity index (χ2v) is 4.77. The molecule has 1 aliphatic carbocycles. The number of hydrogen-bond donors (Lipinski definition) is 0. The molecule has 1 heterocycles. The van der Waals surface area contributed by atoms with E-state index in [0.29, 0.717) is 5.69 Å². The molecule has 72 valence electrons. The molecule has 3 heteroatoms. The van der Waals surface area contributed by atoms with Gasteiger partial charge in [0.2, 0.25) is 0 Å². The molecule has 0 aromatic carbocycles. The van der Waals surface area contributed by atoms with Gasteiger partial charge in [0.05, 0.1) is 0 Å². The Balaban J connectivity index is 2.25. The lowest BCUT2D eigenvalue weighted by atomic mass is 10.2. The van der Waals surface area contributed by atoms with Gasteiger partial charge in [-0.25, -0.2) is 4.98 Å². The predicted molar refractivity (Wildman–Crippen MR) is 57.2 cm³/mol. The Bertz CT molecular complexity index is 377. The van der Waals surface area contributed by atoms with E-state index in [4.69, 9.17) is 5.26 Å². The van der Waals surface area contributed by atoms with Crippen LogP contribution in [0.3, 0.4) is 0 Å². The van der Waals surface area contributed by atoms with E-state index in [0.717, 1.165) is 22.3 Å². The van der Waals surface area contributed by atoms with Crippen molar-refractivity contribution >= 4 is 11.8 Å². The summed E-state index contributed by atoms with van der Waals surface area (Å²) in [5.74, 6) is 0. The number of hydrogen-bond acceptors (Lipinski definition) is 3. The molecule has 1 aromatic rings. The molecule has 0 saturated heterocycles. The number of rotatable bonds is 3. The van der Waals surface area contributed by atoms with E-state index in [9.17, 15) is 0 Å². The number of thioether (sulfide) groups is 1. The summed E-state index contributed by atoms with van der Waals surface area (Å²) < 4.78 is 0. The second kappa shape index (κ2) is 4.02. The van der Waals surface area contributed by atoms with Crippen LogP contribution in [0.1, 0.15) is 31.2 Å². The third-order valence-corrected chi connectivity index (χ3v) is 3.59. The molecule has 0 aliphatic heterocycles. The van der Waals surface area contributed by atoms with Crippen LogP contribution in [0.4, 0.5) is 0 Å². The molecule has 0 unspecified atom stereocenters. The molecule has 0 N–H and O–H groups in total. The lowest BCUT2D eigenvalue weighted by Gasteiger charge is -2.03. The zero-order valence-corrected chi connectivity index (χ0v) is 8.97. The van der Waals surface area contributed by atoms with E-state index in [1.165, 1.54) is 12.8 Å². The molecule has 0 atom stereocenters. The third kappa shape index (κ3) is 2.08. The van der Waals surface area contributed by atoms with E-state index in [1.807, 2.05) is 12.1 Å². The van der Waals surface area contributed by atoms with Crippen LogP contribution in [0.25, 0.3) is 0 Å². The number of aryl methyl sites for hydroxylation is 1. The minimum atomic E-state index is 0.598. The number of aromatic nitrogens is 1. The first kappa shape index (κ1) is 9.54. The van der Waals surface area contributed by atoms with Crippen molar-refractivity contribution in [3.05, 3.63) is 23.5 Å². The Morgan fingerprint density at radius 1 is 1.57 bits per heavy atom. The van der Waals surface area contributed by atoms with E-state index in [2.05, 4.69) is 18.0 Å². The Morgan fingerprint density at radius 2 is 2.36 bits per heavy atom. The average molecular weight is 204 g/mol. The zero-order chi connectivity index (χ0) is 9.97. The largest absolute Gasteiger partial charge is 0.241 e. The molecule has 2 rings (SSSR count). The first-order valence-corrected chi connectivity index (χ1v) is 5.78. The molecular formula is C11H12N2S. The van der Waals surface area contributed by atoms with Crippen molar-refractivity contribution in [3.8, 4) is 6.07 Å². The van der Waals surface area contributed by atoms with Gasteiger partial charge >= 0.3 is 0 Å². The van der Waals surface area contributed by atoms with Gasteiger partial charge in [-0.1, -0.05) is 6.92 Å². The standard InChI is InChI=1S/C11H12N2S/c1-2-8-3-6-11(10(7-12)13-8)14-9-4-5-9/h3,6,9H,2,4-5H2,1H3. The van der Waals surface area contributed by atoms with Gasteiger partial charge in [0.1, 0.15) is 6.07 Å². The van der Waals surface area contributed by atoms with E-state index in [-0.39, 0.29) is 0 Å². The molecule has 0 radical (unpaired) electrons. The van der Waals surface area contributed by atoms with Gasteiger partial charge in [0, 0.05) is 15.8 Å². The van der Waals surface area contributed by atoms with Crippen LogP contribution in [0.2, 0.25) is 0 Å². The number of nitrogens with zero attached hydrogens (tertiary/aromatic N) is 2. The summed E-state index contributed by atoms with van der Waals surface area (Å²) in [5.41, 5.74) is 1.60. The quantitative estimate of drug-likeness (QED) is 0.759. The molecule has 0 spiro atoms. The van der Waals surface area contributed by atoms with Gasteiger partial charge in [-0.15, -0.1) is 11.8 Å². The van der Waals surface area contributed by atoms with E-state index >= 15 is 0 Å². The maximum Gasteiger partial charge on any atom is 0.154 e. The highest BCUT2D eigenvalue weighted by Gasteiger charge is 2.24. The minimum Gasteiger partial charge on any atom is -0.241 e. The summed E-state index contributed by atoms with van der Waals surface area (Å²) >= 11 is 1.79. The number of nitriles is 1. The first-order valence-electron chi connectivity index (χ1n) is 4.90. The zero-order valence-electron chi connectivity index (χ0n) is 8.16. The highest BCUT2D eigenvalue weighted by atomic mass is 32.2. The molecule has 1 saturated carbocycles. The molecule has 0 bridgehead atoms. The van der Waals surface area contributed by atoms with Gasteiger partial charge in [-0.05, 0) is 31.4 Å². The Hall–Kier alpha value is -1.01. The highest BCUT2D eigenvalue weighted by Crippen LogP contribution is 2.39. The molecule has 1 aromatic heterocycles. The summed E-state index contributed by atoms with van der Waals surface area (Å²) in [7, 11) is 0. The van der Waals surface area contributed by atoms with Crippen LogP contribution in [-0.4, -0.2) is 10.2 Å². The van der Waals surface area contributed by atoms with Crippen molar-refractivity contribution in [1.82, 2.24) is 4.98 Å². The fourth-order valence-electron chi connectivity index (χ4n) is 1.22. The van der Waals surface area contributed by atoms with Crippen molar-refractivity contribution in [2.24, 2.45) is 0 Å². The van der Waals surface area contributed by atoms with Crippen molar-refractivity contribution in [2.75, 3.05) is 0 Å². The lowest BCUT2D eigenvalue weighted by molar-refractivity contribution is 1.000. The topological polar surface area (TPSA) is 36.7 Å². The predicted octanol–water partition coefficient (Wildman–Crippen LogP) is 2.77. The smallest absolute Gasteiger partial charge is 0.154 e. The van der Waals surface area contributed by atoms with Gasteiger partial charge < -0.3 is 0 Å². The summed E-state index contributed by atoms with van der Waals surface area (Å²) in [4.78, 5) is 5.36. The van der Waals surface area contributed by atoms with Crippen LogP contribution < -0.4 is 0 Å². The summed E-state index contributed by atoms with van der Waals surface area (Å²) in [6, 6.07) is 6.23. The van der Waals surface area contributed by atoms with E-state index < -0.39 is 0 Å². The highest BCUT2D eigenvalue weighted by molar-refractivity contribution is 8.00. The Kier molecular flexibility index (Phi) is 2.74. The molecule has 2 nitrogen and oxygen atoms in total. The van der Waals surface area contributed by atoms with Gasteiger partial charge in [0.15, 0.2) is 5.69 Å². The maximum absolute atomic E-state index is 8.95. The summed E-state index contributed by atoms with van der Waals surface area (Å²) in [5, 5.41) is 9.68. The monoisotopic (exact) mass is 204 g/mol. The van der Waals surface area contributed by atoms with E-state index in [1.54, 1.807) is 11.8 Å². The average Bonchev–Trinajstić information content (AvgIpc) is 3.02. The van der Waals surface area contributed by atoms with Gasteiger partial charge in [-0.2, -0.15) is 5.26 Å². The van der Waals surface area contributed by atoms with Crippen LogP contribution in [0.5, 0.6) is 0 Å². The van der Waals surface area contributed by atoms with Gasteiger partial charge in [0.25, 0.3) is 0 Å². The van der Waals surface area contributed by atoms with Crippen molar-refractivity contribution in [2.45, 2.75) is 36.3 Å². The van der Waals surface area contributed by atoms with Crippen molar-refractivity contribution in [3.63, 3.8) is 0 Å². The summed E-state index contributed by atoms with van der Waals surface area (Å²) in [6.07, 6.45) is 3.46. The SMILES string of the molecule is CCc1ccc(SC2CC2)c(C#N)n1. The van der Waals surface area contributed by atoms with Crippen molar-refractivity contribution < 1.29 is 0 Å². The minimum absolute atomic E-state index is 0.598. The van der Waals surface area contributed by atoms with Crippen LogP contribution >= 0.6 is 11.8 Å². The molecular weight excluding hydrogens is 192 g/mol. The fourth-order valence-corrected chi connectivity index (χ4v) is 2.30. The Morgan fingerprint density at radius 3 is 2.93 bits per heavy atom. The lowest BCUT2D eigenvalue weighted by Crippen LogP contribution is -1.93. The molecule has 0 amide bonds. The maximum atomic E-state index is 8.95. The fraction of sp³-hybridized carbons (Fsp3) is 0.455. The Labute approximate surface area is 88.4 Å². The molecule has 14 heavy (non-hydrogen) atoms. The van der Waals surface area contributed by atoms with Gasteiger partial charge in [-0.3, -0.25) is 0 Å². The first-order chi connectivity index (χ1) is 6.83. The van der Waals surface area contributed by atoms with Crippen LogP contribution in [0.15, 0.2) is 17.0 Å². The number of pyridine rings is 1. The molecule has 1 aliphatic rings. The van der Waals surface area contributed by atoms with Crippen LogP contribution in [-0.2, 0) is 6.42 Å². The normalized spacial score (nSPS) is 15.1. The summed E-state index contributed by atoms with van der Waals surface area (Å²) in [6.45, 7) is 2.05. The molecule has 1 fully saturated rings.